The molecule has 1 saturated heterocycles. The van der Waals surface area contributed by atoms with Gasteiger partial charge in [-0.15, -0.1) is 0 Å². The Hall–Kier alpha value is -0.610. The van der Waals surface area contributed by atoms with E-state index in [1.165, 1.54) is 0 Å². The van der Waals surface area contributed by atoms with E-state index in [1.54, 1.807) is 0 Å². The van der Waals surface area contributed by atoms with E-state index in [0.717, 1.165) is 38.8 Å². The van der Waals surface area contributed by atoms with Crippen LogP contribution in [-0.4, -0.2) is 47.8 Å². The average Bonchev–Trinajstić information content (AvgIpc) is 2.42. The molecular formula is C12H23NO3. The van der Waals surface area contributed by atoms with E-state index in [-0.39, 0.29) is 12.1 Å². The highest BCUT2D eigenvalue weighted by atomic mass is 16.5. The van der Waals surface area contributed by atoms with Crippen molar-refractivity contribution in [3.8, 4) is 0 Å². The van der Waals surface area contributed by atoms with Crippen LogP contribution in [0.15, 0.2) is 0 Å². The molecule has 1 unspecified atom stereocenters. The summed E-state index contributed by atoms with van der Waals surface area (Å²) >= 11 is 0. The van der Waals surface area contributed by atoms with Crippen LogP contribution in [0.5, 0.6) is 0 Å². The number of carboxylic acids is 1. The van der Waals surface area contributed by atoms with E-state index < -0.39 is 5.97 Å². The summed E-state index contributed by atoms with van der Waals surface area (Å²) in [4.78, 5) is 13.2. The van der Waals surface area contributed by atoms with Gasteiger partial charge in [-0.25, -0.2) is 0 Å². The Morgan fingerprint density at radius 2 is 2.19 bits per heavy atom. The highest BCUT2D eigenvalue weighted by molar-refractivity contribution is 5.73. The smallest absolute Gasteiger partial charge is 0.320 e. The first-order valence-corrected chi connectivity index (χ1v) is 6.19. The van der Waals surface area contributed by atoms with Gasteiger partial charge in [-0.05, 0) is 33.2 Å². The molecule has 16 heavy (non-hydrogen) atoms. The molecule has 1 rings (SSSR count). The van der Waals surface area contributed by atoms with Gasteiger partial charge in [-0.3, -0.25) is 9.69 Å². The molecule has 1 aliphatic heterocycles. The third-order valence-corrected chi connectivity index (χ3v) is 2.98. The van der Waals surface area contributed by atoms with Gasteiger partial charge in [0, 0.05) is 6.54 Å². The first-order valence-electron chi connectivity index (χ1n) is 6.19. The fraction of sp³-hybridized carbons (Fsp3) is 0.917. The summed E-state index contributed by atoms with van der Waals surface area (Å²) in [5, 5.41) is 9.16. The Balaban J connectivity index is 2.41. The predicted molar refractivity (Wildman–Crippen MR) is 62.6 cm³/mol. The molecule has 1 fully saturated rings. The molecule has 0 spiro atoms. The number of likely N-dealkylation sites (tertiary alicyclic amines) is 1. The van der Waals surface area contributed by atoms with Gasteiger partial charge >= 0.3 is 5.97 Å². The normalized spacial score (nSPS) is 23.3. The zero-order valence-electron chi connectivity index (χ0n) is 10.3. The first-order chi connectivity index (χ1) is 7.61. The van der Waals surface area contributed by atoms with Gasteiger partial charge in [0.25, 0.3) is 0 Å². The van der Waals surface area contributed by atoms with Crippen LogP contribution in [0.25, 0.3) is 0 Å². The van der Waals surface area contributed by atoms with Crippen molar-refractivity contribution < 1.29 is 14.6 Å². The number of hydrogen-bond acceptors (Lipinski definition) is 3. The molecule has 0 bridgehead atoms. The van der Waals surface area contributed by atoms with Gasteiger partial charge < -0.3 is 9.84 Å². The largest absolute Gasteiger partial charge is 0.480 e. The summed E-state index contributed by atoms with van der Waals surface area (Å²) in [5.41, 5.74) is 0. The van der Waals surface area contributed by atoms with E-state index in [2.05, 4.69) is 4.90 Å². The molecule has 94 valence electrons. The molecule has 4 nitrogen and oxygen atoms in total. The van der Waals surface area contributed by atoms with Crippen molar-refractivity contribution in [1.29, 1.82) is 0 Å². The van der Waals surface area contributed by atoms with Gasteiger partial charge in [0.1, 0.15) is 6.04 Å². The summed E-state index contributed by atoms with van der Waals surface area (Å²) in [7, 11) is 0. The molecule has 0 aromatic carbocycles. The fourth-order valence-corrected chi connectivity index (χ4v) is 2.12. The van der Waals surface area contributed by atoms with Gasteiger partial charge in [-0.1, -0.05) is 12.8 Å². The first kappa shape index (κ1) is 13.5. The lowest BCUT2D eigenvalue weighted by Crippen LogP contribution is -2.42. The second-order valence-corrected chi connectivity index (χ2v) is 4.66. The molecule has 0 amide bonds. The van der Waals surface area contributed by atoms with Crippen molar-refractivity contribution in [2.45, 2.75) is 51.7 Å². The standard InChI is InChI=1S/C12H23NO3/c1-10(2)16-9-8-13-7-5-3-4-6-11(13)12(14)15/h10-11H,3-9H2,1-2H3,(H,14,15). The van der Waals surface area contributed by atoms with E-state index in [4.69, 9.17) is 9.84 Å². The number of hydrogen-bond donors (Lipinski definition) is 1. The lowest BCUT2D eigenvalue weighted by Gasteiger charge is -2.26. The molecule has 0 saturated carbocycles. The van der Waals surface area contributed by atoms with Crippen LogP contribution < -0.4 is 0 Å². The summed E-state index contributed by atoms with van der Waals surface area (Å²) in [6.07, 6.45) is 4.27. The van der Waals surface area contributed by atoms with Crippen LogP contribution in [0.1, 0.15) is 39.5 Å². The van der Waals surface area contributed by atoms with Crippen molar-refractivity contribution in [3.05, 3.63) is 0 Å². The maximum atomic E-state index is 11.1. The lowest BCUT2D eigenvalue weighted by molar-refractivity contribution is -0.143. The Kier molecular flexibility index (Phi) is 5.77. The van der Waals surface area contributed by atoms with E-state index >= 15 is 0 Å². The molecule has 4 heteroatoms. The fourth-order valence-electron chi connectivity index (χ4n) is 2.12. The molecule has 1 heterocycles. The zero-order valence-corrected chi connectivity index (χ0v) is 10.3. The van der Waals surface area contributed by atoms with Gasteiger partial charge in [-0.2, -0.15) is 0 Å². The number of ether oxygens (including phenoxy) is 1. The third kappa shape index (κ3) is 4.49. The maximum absolute atomic E-state index is 11.1. The second kappa shape index (κ2) is 6.86. The van der Waals surface area contributed by atoms with Gasteiger partial charge in [0.15, 0.2) is 0 Å². The van der Waals surface area contributed by atoms with Crippen LogP contribution >= 0.6 is 0 Å². The van der Waals surface area contributed by atoms with Crippen molar-refractivity contribution in [3.63, 3.8) is 0 Å². The highest BCUT2D eigenvalue weighted by Crippen LogP contribution is 2.16. The van der Waals surface area contributed by atoms with E-state index in [0.29, 0.717) is 6.61 Å². The number of rotatable bonds is 5. The minimum absolute atomic E-state index is 0.218. The maximum Gasteiger partial charge on any atom is 0.320 e. The third-order valence-electron chi connectivity index (χ3n) is 2.98. The van der Waals surface area contributed by atoms with Gasteiger partial charge in [0.05, 0.1) is 12.7 Å². The van der Waals surface area contributed by atoms with Crippen LogP contribution in [0.4, 0.5) is 0 Å². The summed E-state index contributed by atoms with van der Waals surface area (Å²) < 4.78 is 5.48. The van der Waals surface area contributed by atoms with Crippen molar-refractivity contribution in [2.75, 3.05) is 19.7 Å². The molecular weight excluding hydrogens is 206 g/mol. The Labute approximate surface area is 97.6 Å². The Morgan fingerprint density at radius 1 is 1.44 bits per heavy atom. The lowest BCUT2D eigenvalue weighted by atomic mass is 10.1. The van der Waals surface area contributed by atoms with E-state index in [1.807, 2.05) is 13.8 Å². The topological polar surface area (TPSA) is 49.8 Å². The summed E-state index contributed by atoms with van der Waals surface area (Å²) in [5.74, 6) is -0.688. The summed E-state index contributed by atoms with van der Waals surface area (Å²) in [6, 6.07) is -0.307. The Morgan fingerprint density at radius 3 is 2.81 bits per heavy atom. The second-order valence-electron chi connectivity index (χ2n) is 4.66. The van der Waals surface area contributed by atoms with Crippen LogP contribution in [0.2, 0.25) is 0 Å². The number of nitrogens with zero attached hydrogens (tertiary/aromatic N) is 1. The number of aliphatic carboxylic acids is 1. The molecule has 1 atom stereocenters. The number of carbonyl (C=O) groups is 1. The minimum Gasteiger partial charge on any atom is -0.480 e. The van der Waals surface area contributed by atoms with Crippen LogP contribution in [0.3, 0.4) is 0 Å². The molecule has 0 aromatic heterocycles. The van der Waals surface area contributed by atoms with Crippen molar-refractivity contribution >= 4 is 5.97 Å². The zero-order chi connectivity index (χ0) is 12.0. The minimum atomic E-state index is -0.688. The Bertz CT molecular complexity index is 218. The van der Waals surface area contributed by atoms with Crippen molar-refractivity contribution in [2.24, 2.45) is 0 Å². The quantitative estimate of drug-likeness (QED) is 0.780. The molecule has 0 aromatic rings. The summed E-state index contributed by atoms with van der Waals surface area (Å²) in [6.45, 7) is 6.24. The SMILES string of the molecule is CC(C)OCCN1CCCCCC1C(=O)O. The van der Waals surface area contributed by atoms with E-state index in [9.17, 15) is 4.79 Å². The molecule has 1 N–H and O–H groups in total. The molecule has 1 aliphatic rings. The highest BCUT2D eigenvalue weighted by Gasteiger charge is 2.26. The molecule has 0 radical (unpaired) electrons. The average molecular weight is 229 g/mol. The number of carboxylic acid groups (broad SMARTS) is 1. The monoisotopic (exact) mass is 229 g/mol. The van der Waals surface area contributed by atoms with Crippen LogP contribution in [0, 0.1) is 0 Å². The predicted octanol–water partition coefficient (Wildman–Crippen LogP) is 1.74. The molecule has 0 aliphatic carbocycles. The van der Waals surface area contributed by atoms with Crippen LogP contribution in [-0.2, 0) is 9.53 Å². The van der Waals surface area contributed by atoms with Gasteiger partial charge in [0.2, 0.25) is 0 Å². The van der Waals surface area contributed by atoms with Crippen molar-refractivity contribution in [1.82, 2.24) is 4.90 Å².